The molecule has 0 unspecified atom stereocenters. The molecule has 6 heteroatoms. The third kappa shape index (κ3) is 3.65. The first-order chi connectivity index (χ1) is 12.8. The maximum Gasteiger partial charge on any atom is 0.417 e. The van der Waals surface area contributed by atoms with Crippen molar-refractivity contribution in [1.82, 2.24) is 4.98 Å². The highest BCUT2D eigenvalue weighted by atomic mass is 32.1. The van der Waals surface area contributed by atoms with Gasteiger partial charge in [-0.1, -0.05) is 53.8 Å². The average molecular weight is 361 g/mol. The minimum atomic E-state index is -0.547. The molecule has 26 heavy (non-hydrogen) atoms. The fourth-order valence-electron chi connectivity index (χ4n) is 2.48. The predicted octanol–water partition coefficient (Wildman–Crippen LogP) is 5.65. The highest BCUT2D eigenvalue weighted by molar-refractivity contribution is 7.22. The summed E-state index contributed by atoms with van der Waals surface area (Å²) in [4.78, 5) is 16.8. The van der Waals surface area contributed by atoms with Crippen molar-refractivity contribution in [1.29, 1.82) is 0 Å². The molecule has 4 rings (SSSR count). The number of aromatic nitrogens is 1. The summed E-state index contributed by atoms with van der Waals surface area (Å²) in [6, 6.07) is 24.4. The molecule has 0 saturated carbocycles. The zero-order valence-corrected chi connectivity index (χ0v) is 14.5. The van der Waals surface area contributed by atoms with Gasteiger partial charge in [0.1, 0.15) is 11.3 Å². The van der Waals surface area contributed by atoms with Gasteiger partial charge in [-0.3, -0.25) is 5.32 Å². The van der Waals surface area contributed by atoms with E-state index in [-0.39, 0.29) is 0 Å². The summed E-state index contributed by atoms with van der Waals surface area (Å²) >= 11 is 1.52. The van der Waals surface area contributed by atoms with Gasteiger partial charge >= 0.3 is 6.09 Å². The topological polar surface area (TPSA) is 63.2 Å². The summed E-state index contributed by atoms with van der Waals surface area (Å²) in [5.74, 6) is 0.488. The number of nitrogens with zero attached hydrogens (tertiary/aromatic N) is 1. The third-order valence-electron chi connectivity index (χ3n) is 3.63. The molecule has 1 amide bonds. The van der Waals surface area contributed by atoms with Crippen LogP contribution in [0.5, 0.6) is 5.75 Å². The van der Waals surface area contributed by atoms with E-state index in [0.717, 1.165) is 21.0 Å². The van der Waals surface area contributed by atoms with Crippen LogP contribution in [0.1, 0.15) is 0 Å². The molecule has 5 nitrogen and oxygen atoms in total. The molecular formula is C20H15N3O2S. The van der Waals surface area contributed by atoms with Crippen LogP contribution < -0.4 is 15.4 Å². The van der Waals surface area contributed by atoms with Gasteiger partial charge in [0.05, 0.1) is 10.4 Å². The normalized spacial score (nSPS) is 10.5. The lowest BCUT2D eigenvalue weighted by atomic mass is 10.3. The smallest absolute Gasteiger partial charge is 0.410 e. The number of benzene rings is 3. The number of rotatable bonds is 4. The molecule has 0 saturated heterocycles. The van der Waals surface area contributed by atoms with Crippen LogP contribution in [0, 0.1) is 0 Å². The van der Waals surface area contributed by atoms with Gasteiger partial charge in [-0.25, -0.2) is 9.78 Å². The Balaban J connectivity index is 1.54. The number of ether oxygens (including phenoxy) is 1. The number of amides is 1. The molecule has 2 N–H and O–H groups in total. The van der Waals surface area contributed by atoms with E-state index >= 15 is 0 Å². The number of fused-ring (bicyclic) bond motifs is 1. The highest BCUT2D eigenvalue weighted by Crippen LogP contribution is 2.32. The average Bonchev–Trinajstić information content (AvgIpc) is 3.07. The van der Waals surface area contributed by atoms with E-state index in [1.807, 2.05) is 60.7 Å². The van der Waals surface area contributed by atoms with Gasteiger partial charge in [-0.15, -0.1) is 0 Å². The zero-order valence-electron chi connectivity index (χ0n) is 13.7. The monoisotopic (exact) mass is 361 g/mol. The minimum Gasteiger partial charge on any atom is -0.410 e. The van der Waals surface area contributed by atoms with Crippen molar-refractivity contribution in [3.8, 4) is 5.75 Å². The van der Waals surface area contributed by atoms with Crippen molar-refractivity contribution in [2.45, 2.75) is 0 Å². The van der Waals surface area contributed by atoms with Gasteiger partial charge in [-0.2, -0.15) is 0 Å². The first-order valence-corrected chi connectivity index (χ1v) is 8.85. The lowest BCUT2D eigenvalue weighted by Crippen LogP contribution is -2.16. The van der Waals surface area contributed by atoms with Crippen LogP contribution in [0.4, 0.5) is 21.3 Å². The summed E-state index contributed by atoms with van der Waals surface area (Å²) in [6.07, 6.45) is -0.547. The Hall–Kier alpha value is -3.38. The number of thiazole rings is 1. The number of nitrogens with one attached hydrogen (secondary N) is 2. The third-order valence-corrected chi connectivity index (χ3v) is 4.57. The van der Waals surface area contributed by atoms with E-state index in [2.05, 4.69) is 15.6 Å². The Kier molecular flexibility index (Phi) is 4.49. The van der Waals surface area contributed by atoms with Gasteiger partial charge in [0.2, 0.25) is 0 Å². The maximum absolute atomic E-state index is 12.2. The largest absolute Gasteiger partial charge is 0.417 e. The Morgan fingerprint density at radius 3 is 2.38 bits per heavy atom. The van der Waals surface area contributed by atoms with E-state index in [0.29, 0.717) is 11.4 Å². The van der Waals surface area contributed by atoms with Crippen LogP contribution in [0.2, 0.25) is 0 Å². The fourth-order valence-corrected chi connectivity index (χ4v) is 3.39. The molecule has 1 aromatic heterocycles. The van der Waals surface area contributed by atoms with Gasteiger partial charge in [0, 0.05) is 5.69 Å². The van der Waals surface area contributed by atoms with Crippen LogP contribution in [0.3, 0.4) is 0 Å². The molecule has 0 bridgehead atoms. The molecule has 0 atom stereocenters. The van der Waals surface area contributed by atoms with Crippen LogP contribution in [0.25, 0.3) is 10.2 Å². The standard InChI is InChI=1S/C20H15N3O2S/c24-20(25-15-10-5-2-6-11-15)22-16-12-7-13-17-18(16)23-19(26-17)21-14-8-3-1-4-9-14/h1-13H,(H,21,23)(H,22,24). The number of carbonyl (C=O) groups excluding carboxylic acids is 1. The molecule has 4 aromatic rings. The van der Waals surface area contributed by atoms with E-state index in [1.54, 1.807) is 18.2 Å². The molecular weight excluding hydrogens is 346 g/mol. The Labute approximate surface area is 154 Å². The first-order valence-electron chi connectivity index (χ1n) is 8.03. The number of anilines is 3. The zero-order chi connectivity index (χ0) is 17.8. The highest BCUT2D eigenvalue weighted by Gasteiger charge is 2.12. The van der Waals surface area contributed by atoms with Crippen molar-refractivity contribution >= 4 is 44.2 Å². The molecule has 0 aliphatic carbocycles. The van der Waals surface area contributed by atoms with Gasteiger partial charge in [0.25, 0.3) is 0 Å². The van der Waals surface area contributed by atoms with Crippen molar-refractivity contribution in [3.63, 3.8) is 0 Å². The van der Waals surface area contributed by atoms with Crippen molar-refractivity contribution in [2.75, 3.05) is 10.6 Å². The second-order valence-corrected chi connectivity index (χ2v) is 6.52. The van der Waals surface area contributed by atoms with E-state index < -0.39 is 6.09 Å². The van der Waals surface area contributed by atoms with Gasteiger partial charge in [-0.05, 0) is 36.4 Å². The Morgan fingerprint density at radius 1 is 0.885 bits per heavy atom. The number of hydrogen-bond acceptors (Lipinski definition) is 5. The predicted molar refractivity (Wildman–Crippen MR) is 105 cm³/mol. The quantitative estimate of drug-likeness (QED) is 0.493. The second kappa shape index (κ2) is 7.25. The Morgan fingerprint density at radius 2 is 1.62 bits per heavy atom. The lowest BCUT2D eigenvalue weighted by molar-refractivity contribution is 0.215. The Bertz CT molecular complexity index is 1030. The number of carbonyl (C=O) groups is 1. The number of para-hydroxylation sites is 3. The van der Waals surface area contributed by atoms with E-state index in [1.165, 1.54) is 11.3 Å². The first kappa shape index (κ1) is 16.1. The van der Waals surface area contributed by atoms with Crippen LogP contribution in [-0.4, -0.2) is 11.1 Å². The maximum atomic E-state index is 12.2. The summed E-state index contributed by atoms with van der Waals surface area (Å²) in [6.45, 7) is 0. The fraction of sp³-hybridized carbons (Fsp3) is 0. The molecule has 0 radical (unpaired) electrons. The van der Waals surface area contributed by atoms with E-state index in [4.69, 9.17) is 4.74 Å². The minimum absolute atomic E-state index is 0.488. The van der Waals surface area contributed by atoms with Crippen molar-refractivity contribution in [3.05, 3.63) is 78.9 Å². The molecule has 0 aliphatic heterocycles. The second-order valence-electron chi connectivity index (χ2n) is 5.49. The molecule has 1 heterocycles. The van der Waals surface area contributed by atoms with Crippen molar-refractivity contribution in [2.24, 2.45) is 0 Å². The molecule has 128 valence electrons. The lowest BCUT2D eigenvalue weighted by Gasteiger charge is -2.06. The van der Waals surface area contributed by atoms with Crippen LogP contribution >= 0.6 is 11.3 Å². The van der Waals surface area contributed by atoms with Crippen molar-refractivity contribution < 1.29 is 9.53 Å². The number of hydrogen-bond donors (Lipinski definition) is 2. The van der Waals surface area contributed by atoms with Crippen LogP contribution in [0.15, 0.2) is 78.9 Å². The molecule has 0 fully saturated rings. The van der Waals surface area contributed by atoms with Gasteiger partial charge in [0.15, 0.2) is 5.13 Å². The summed E-state index contributed by atoms with van der Waals surface area (Å²) in [5.41, 5.74) is 2.30. The van der Waals surface area contributed by atoms with E-state index in [9.17, 15) is 4.79 Å². The molecule has 0 spiro atoms. The molecule has 3 aromatic carbocycles. The van der Waals surface area contributed by atoms with Crippen LogP contribution in [-0.2, 0) is 0 Å². The summed E-state index contributed by atoms with van der Waals surface area (Å²) in [7, 11) is 0. The van der Waals surface area contributed by atoms with Gasteiger partial charge < -0.3 is 10.1 Å². The summed E-state index contributed by atoms with van der Waals surface area (Å²) in [5, 5.41) is 6.80. The summed E-state index contributed by atoms with van der Waals surface area (Å²) < 4.78 is 6.25. The SMILES string of the molecule is O=C(Nc1cccc2sc(Nc3ccccc3)nc12)Oc1ccccc1. The molecule has 0 aliphatic rings.